The van der Waals surface area contributed by atoms with Crippen molar-refractivity contribution in [2.75, 3.05) is 26.2 Å². The van der Waals surface area contributed by atoms with Gasteiger partial charge in [0.25, 0.3) is 0 Å². The Morgan fingerprint density at radius 3 is 2.60 bits per heavy atom. The molecule has 136 valence electrons. The molecule has 25 heavy (non-hydrogen) atoms. The summed E-state index contributed by atoms with van der Waals surface area (Å²) >= 11 is 1.74. The molecule has 2 heterocycles. The Kier molecular flexibility index (Phi) is 7.25. The monoisotopic (exact) mass is 399 g/mol. The molecule has 1 aromatic carbocycles. The topological polar surface area (TPSA) is 45.2 Å². The molecule has 2 aromatic rings. The lowest BCUT2D eigenvalue weighted by Gasteiger charge is -2.34. The summed E-state index contributed by atoms with van der Waals surface area (Å²) in [7, 11) is 0. The Morgan fingerprint density at radius 1 is 1.12 bits per heavy atom. The lowest BCUT2D eigenvalue weighted by molar-refractivity contribution is -0.137. The summed E-state index contributed by atoms with van der Waals surface area (Å²) in [4.78, 5) is 19.8. The predicted octanol–water partition coefficient (Wildman–Crippen LogP) is 3.62. The van der Waals surface area contributed by atoms with E-state index >= 15 is 0 Å². The molecule has 2 unspecified atom stereocenters. The number of fused-ring (bicyclic) bond motifs is 1. The van der Waals surface area contributed by atoms with Crippen molar-refractivity contribution in [2.45, 2.75) is 18.8 Å². The molecule has 1 aliphatic heterocycles. The normalized spacial score (nSPS) is 23.0. The van der Waals surface area contributed by atoms with Gasteiger partial charge in [-0.15, -0.1) is 36.2 Å². The molecular formula is C18H23Cl2N3OS. The number of thiazole rings is 1. The highest BCUT2D eigenvalue weighted by Crippen LogP contribution is 2.39. The second-order valence-electron chi connectivity index (χ2n) is 6.25. The molecule has 1 saturated heterocycles. The summed E-state index contributed by atoms with van der Waals surface area (Å²) in [5, 5.41) is 4.43. The van der Waals surface area contributed by atoms with Crippen LogP contribution >= 0.6 is 36.2 Å². The van der Waals surface area contributed by atoms with Crippen molar-refractivity contribution in [3.05, 3.63) is 41.4 Å². The first-order valence-corrected chi connectivity index (χ1v) is 9.14. The summed E-state index contributed by atoms with van der Waals surface area (Å²) < 4.78 is 1.21. The smallest absolute Gasteiger partial charge is 0.226 e. The van der Waals surface area contributed by atoms with Crippen molar-refractivity contribution in [1.29, 1.82) is 0 Å². The second kappa shape index (κ2) is 8.99. The third kappa shape index (κ3) is 4.17. The van der Waals surface area contributed by atoms with Gasteiger partial charge in [0.15, 0.2) is 0 Å². The van der Waals surface area contributed by atoms with Crippen LogP contribution in [-0.4, -0.2) is 42.0 Å². The van der Waals surface area contributed by atoms with E-state index in [0.717, 1.165) is 49.5 Å². The van der Waals surface area contributed by atoms with Crippen LogP contribution in [-0.2, 0) is 4.79 Å². The number of hydrogen-bond donors (Lipinski definition) is 1. The number of amides is 1. The largest absolute Gasteiger partial charge is 0.340 e. The van der Waals surface area contributed by atoms with Crippen molar-refractivity contribution in [3.8, 4) is 0 Å². The van der Waals surface area contributed by atoms with Gasteiger partial charge < -0.3 is 10.2 Å². The Morgan fingerprint density at radius 2 is 1.84 bits per heavy atom. The summed E-state index contributed by atoms with van der Waals surface area (Å²) in [6.45, 7) is 3.46. The fourth-order valence-electron chi connectivity index (χ4n) is 3.53. The standard InChI is InChI=1S/C18H21N3OS.2ClH/c22-18(21-11-9-19-10-12-21)14-6-2-1-5-13(14)17-20-15-7-3-4-8-16(15)23-17;;/h1-4,7-8,13-14,19H,5-6,9-12H2;2*1H. The van der Waals surface area contributed by atoms with E-state index in [1.54, 1.807) is 11.3 Å². The number of allylic oxidation sites excluding steroid dienone is 2. The van der Waals surface area contributed by atoms with E-state index in [9.17, 15) is 4.79 Å². The number of nitrogens with one attached hydrogen (secondary N) is 1. The molecule has 4 rings (SSSR count). The van der Waals surface area contributed by atoms with Crippen LogP contribution in [0, 0.1) is 5.92 Å². The van der Waals surface area contributed by atoms with Crippen LogP contribution in [0.3, 0.4) is 0 Å². The average molecular weight is 400 g/mol. The molecule has 1 fully saturated rings. The number of rotatable bonds is 2. The van der Waals surface area contributed by atoms with Gasteiger partial charge in [0.1, 0.15) is 0 Å². The average Bonchev–Trinajstić information content (AvgIpc) is 3.06. The van der Waals surface area contributed by atoms with Gasteiger partial charge in [-0.1, -0.05) is 24.3 Å². The number of hydrogen-bond acceptors (Lipinski definition) is 4. The van der Waals surface area contributed by atoms with Crippen molar-refractivity contribution in [1.82, 2.24) is 15.2 Å². The van der Waals surface area contributed by atoms with Gasteiger partial charge in [-0.2, -0.15) is 0 Å². The summed E-state index contributed by atoms with van der Waals surface area (Å²) in [5.74, 6) is 0.568. The Labute approximate surface area is 164 Å². The van der Waals surface area contributed by atoms with Crippen LogP contribution in [0.2, 0.25) is 0 Å². The van der Waals surface area contributed by atoms with E-state index in [0.29, 0.717) is 5.91 Å². The highest BCUT2D eigenvalue weighted by molar-refractivity contribution is 7.18. The van der Waals surface area contributed by atoms with Gasteiger partial charge in [0.2, 0.25) is 5.91 Å². The lowest BCUT2D eigenvalue weighted by Crippen LogP contribution is -2.49. The molecule has 7 heteroatoms. The maximum atomic E-state index is 13.0. The van der Waals surface area contributed by atoms with Crippen LogP contribution in [0.5, 0.6) is 0 Å². The first-order valence-electron chi connectivity index (χ1n) is 8.33. The number of carbonyl (C=O) groups excluding carboxylic acids is 1. The van der Waals surface area contributed by atoms with Crippen LogP contribution < -0.4 is 5.32 Å². The van der Waals surface area contributed by atoms with Crippen LogP contribution in [0.15, 0.2) is 36.4 Å². The van der Waals surface area contributed by atoms with Crippen molar-refractivity contribution >= 4 is 52.3 Å². The van der Waals surface area contributed by atoms with E-state index < -0.39 is 0 Å². The summed E-state index contributed by atoms with van der Waals surface area (Å²) in [6.07, 6.45) is 6.12. The van der Waals surface area contributed by atoms with Crippen molar-refractivity contribution in [3.63, 3.8) is 0 Å². The molecule has 4 nitrogen and oxygen atoms in total. The van der Waals surface area contributed by atoms with E-state index in [1.165, 1.54) is 4.70 Å². The highest BCUT2D eigenvalue weighted by Gasteiger charge is 2.35. The fourth-order valence-corrected chi connectivity index (χ4v) is 4.67. The molecule has 1 aromatic heterocycles. The molecule has 0 radical (unpaired) electrons. The Bertz CT molecular complexity index is 710. The molecular weight excluding hydrogens is 377 g/mol. The number of benzene rings is 1. The number of piperazine rings is 1. The molecule has 1 aliphatic carbocycles. The Balaban J connectivity index is 0.00000113. The third-order valence-corrected chi connectivity index (χ3v) is 5.97. The molecule has 0 spiro atoms. The maximum absolute atomic E-state index is 13.0. The molecule has 1 N–H and O–H groups in total. The number of carbonyl (C=O) groups is 1. The van der Waals surface area contributed by atoms with Crippen LogP contribution in [0.1, 0.15) is 23.8 Å². The first kappa shape index (κ1) is 20.2. The predicted molar refractivity (Wildman–Crippen MR) is 108 cm³/mol. The summed E-state index contributed by atoms with van der Waals surface area (Å²) in [6, 6.07) is 8.24. The minimum absolute atomic E-state index is 0. The van der Waals surface area contributed by atoms with Gasteiger partial charge in [0.05, 0.1) is 21.1 Å². The SMILES string of the molecule is Cl.Cl.O=C(C1CC=CCC1c1nc2ccccc2s1)N1CCNCC1. The highest BCUT2D eigenvalue weighted by atomic mass is 35.5. The molecule has 0 saturated carbocycles. The number of nitrogens with zero attached hydrogens (tertiary/aromatic N) is 2. The third-order valence-electron chi connectivity index (χ3n) is 4.81. The minimum Gasteiger partial charge on any atom is -0.340 e. The van der Waals surface area contributed by atoms with Crippen molar-refractivity contribution < 1.29 is 4.79 Å². The quantitative estimate of drug-likeness (QED) is 0.784. The zero-order chi connectivity index (χ0) is 15.6. The zero-order valence-corrected chi connectivity index (χ0v) is 16.3. The van der Waals surface area contributed by atoms with Gasteiger partial charge >= 0.3 is 0 Å². The van der Waals surface area contributed by atoms with Gasteiger partial charge in [0, 0.05) is 32.1 Å². The van der Waals surface area contributed by atoms with E-state index in [4.69, 9.17) is 4.98 Å². The van der Waals surface area contributed by atoms with Crippen LogP contribution in [0.25, 0.3) is 10.2 Å². The zero-order valence-electron chi connectivity index (χ0n) is 13.9. The molecule has 2 atom stereocenters. The lowest BCUT2D eigenvalue weighted by atomic mass is 9.82. The van der Waals surface area contributed by atoms with Gasteiger partial charge in [-0.25, -0.2) is 4.98 Å². The van der Waals surface area contributed by atoms with Gasteiger partial charge in [-0.3, -0.25) is 4.79 Å². The number of para-hydroxylation sites is 1. The van der Waals surface area contributed by atoms with Crippen LogP contribution in [0.4, 0.5) is 0 Å². The van der Waals surface area contributed by atoms with E-state index in [2.05, 4.69) is 35.7 Å². The molecule has 1 amide bonds. The number of aromatic nitrogens is 1. The number of halogens is 2. The fraction of sp³-hybridized carbons (Fsp3) is 0.444. The maximum Gasteiger partial charge on any atom is 0.226 e. The van der Waals surface area contributed by atoms with Gasteiger partial charge in [-0.05, 0) is 25.0 Å². The minimum atomic E-state index is 0. The van der Waals surface area contributed by atoms with Crippen molar-refractivity contribution in [2.24, 2.45) is 5.92 Å². The van der Waals surface area contributed by atoms with E-state index in [-0.39, 0.29) is 36.6 Å². The molecule has 2 aliphatic rings. The first-order chi connectivity index (χ1) is 11.3. The summed E-state index contributed by atoms with van der Waals surface area (Å²) in [5.41, 5.74) is 1.05. The van der Waals surface area contributed by atoms with E-state index in [1.807, 2.05) is 11.0 Å². The molecule has 0 bridgehead atoms. The Hall–Kier alpha value is -1.14. The second-order valence-corrected chi connectivity index (χ2v) is 7.31.